The number of carbonyl (C=O) groups is 1. The van der Waals surface area contributed by atoms with Gasteiger partial charge in [-0.1, -0.05) is 49.4 Å². The number of benzene rings is 3. The Kier molecular flexibility index (Phi) is 6.41. The Hall–Kier alpha value is -3.60. The standard InChI is InChI=1S/C23H22N2O3/c1-2-22(19-8-12-20(26)13-9-19)24-25-23(27)16-28-21-14-10-18(11-15-21)17-6-4-3-5-7-17/h3-15,26H,2,16H2,1H3,(H,25,27). The Balaban J connectivity index is 1.54. The maximum Gasteiger partial charge on any atom is 0.277 e. The van der Waals surface area contributed by atoms with Gasteiger partial charge >= 0.3 is 0 Å². The molecule has 0 aliphatic carbocycles. The Morgan fingerprint density at radius 3 is 2.21 bits per heavy atom. The summed E-state index contributed by atoms with van der Waals surface area (Å²) in [6.45, 7) is 1.82. The quantitative estimate of drug-likeness (QED) is 0.477. The molecule has 0 saturated carbocycles. The number of carbonyl (C=O) groups excluding carboxylic acids is 1. The first kappa shape index (κ1) is 19.2. The second-order valence-electron chi connectivity index (χ2n) is 6.17. The molecule has 3 rings (SSSR count). The molecule has 0 heterocycles. The van der Waals surface area contributed by atoms with Crippen LogP contribution in [0.4, 0.5) is 0 Å². The van der Waals surface area contributed by atoms with Gasteiger partial charge in [-0.05, 0) is 59.5 Å². The van der Waals surface area contributed by atoms with Crippen LogP contribution < -0.4 is 10.2 Å². The summed E-state index contributed by atoms with van der Waals surface area (Å²) in [5.74, 6) is 0.472. The SMILES string of the molecule is CCC(=NNC(=O)COc1ccc(-c2ccccc2)cc1)c1ccc(O)cc1. The van der Waals surface area contributed by atoms with Crippen molar-refractivity contribution < 1.29 is 14.6 Å². The van der Waals surface area contributed by atoms with Crippen molar-refractivity contribution in [1.82, 2.24) is 5.43 Å². The molecule has 0 spiro atoms. The van der Waals surface area contributed by atoms with Crippen LogP contribution in [-0.4, -0.2) is 23.3 Å². The van der Waals surface area contributed by atoms with Crippen LogP contribution in [-0.2, 0) is 4.79 Å². The lowest BCUT2D eigenvalue weighted by Crippen LogP contribution is -2.26. The molecule has 3 aromatic carbocycles. The van der Waals surface area contributed by atoms with Crippen molar-refractivity contribution in [2.45, 2.75) is 13.3 Å². The number of nitrogens with zero attached hydrogens (tertiary/aromatic N) is 1. The predicted octanol–water partition coefficient (Wildman–Crippen LogP) is 4.37. The molecule has 0 atom stereocenters. The van der Waals surface area contributed by atoms with Crippen molar-refractivity contribution in [3.8, 4) is 22.6 Å². The average Bonchev–Trinajstić information content (AvgIpc) is 2.75. The number of phenolic OH excluding ortho intramolecular Hbond substituents is 1. The van der Waals surface area contributed by atoms with E-state index in [0.29, 0.717) is 12.2 Å². The number of hydrogen-bond acceptors (Lipinski definition) is 4. The Bertz CT molecular complexity index is 934. The van der Waals surface area contributed by atoms with Gasteiger partial charge in [0.15, 0.2) is 6.61 Å². The second-order valence-corrected chi connectivity index (χ2v) is 6.17. The van der Waals surface area contributed by atoms with Crippen LogP contribution in [0.15, 0.2) is 84.0 Å². The number of nitrogens with one attached hydrogen (secondary N) is 1. The molecular formula is C23H22N2O3. The molecule has 0 unspecified atom stereocenters. The highest BCUT2D eigenvalue weighted by molar-refractivity contribution is 6.01. The van der Waals surface area contributed by atoms with Crippen molar-refractivity contribution in [2.75, 3.05) is 6.61 Å². The maximum atomic E-state index is 12.0. The first-order valence-electron chi connectivity index (χ1n) is 9.09. The van der Waals surface area contributed by atoms with Gasteiger partial charge in [0.05, 0.1) is 5.71 Å². The van der Waals surface area contributed by atoms with Gasteiger partial charge in [0.2, 0.25) is 0 Å². The van der Waals surface area contributed by atoms with E-state index in [0.717, 1.165) is 22.4 Å². The van der Waals surface area contributed by atoms with Crippen molar-refractivity contribution in [3.05, 3.63) is 84.4 Å². The van der Waals surface area contributed by atoms with Crippen LogP contribution in [0.3, 0.4) is 0 Å². The summed E-state index contributed by atoms with van der Waals surface area (Å²) in [4.78, 5) is 12.0. The van der Waals surface area contributed by atoms with E-state index in [1.165, 1.54) is 0 Å². The van der Waals surface area contributed by atoms with E-state index >= 15 is 0 Å². The van der Waals surface area contributed by atoms with Crippen molar-refractivity contribution >= 4 is 11.6 Å². The lowest BCUT2D eigenvalue weighted by atomic mass is 10.1. The summed E-state index contributed by atoms with van der Waals surface area (Å²) in [5, 5.41) is 13.5. The number of aromatic hydroxyl groups is 1. The van der Waals surface area contributed by atoms with Crippen molar-refractivity contribution in [3.63, 3.8) is 0 Å². The molecule has 0 aromatic heterocycles. The van der Waals surface area contributed by atoms with Crippen LogP contribution in [0.1, 0.15) is 18.9 Å². The fraction of sp³-hybridized carbons (Fsp3) is 0.130. The highest BCUT2D eigenvalue weighted by Gasteiger charge is 2.05. The minimum atomic E-state index is -0.336. The predicted molar refractivity (Wildman–Crippen MR) is 110 cm³/mol. The molecule has 5 nitrogen and oxygen atoms in total. The van der Waals surface area contributed by atoms with Crippen molar-refractivity contribution in [2.24, 2.45) is 5.10 Å². The maximum absolute atomic E-state index is 12.0. The molecule has 0 aliphatic heterocycles. The minimum Gasteiger partial charge on any atom is -0.508 e. The van der Waals surface area contributed by atoms with Gasteiger partial charge in [-0.2, -0.15) is 5.10 Å². The summed E-state index contributed by atoms with van der Waals surface area (Å²) in [6, 6.07) is 24.3. The van der Waals surface area contributed by atoms with E-state index in [4.69, 9.17) is 4.74 Å². The largest absolute Gasteiger partial charge is 0.508 e. The lowest BCUT2D eigenvalue weighted by Gasteiger charge is -2.08. The monoisotopic (exact) mass is 374 g/mol. The van der Waals surface area contributed by atoms with Crippen molar-refractivity contribution in [1.29, 1.82) is 0 Å². The molecule has 142 valence electrons. The Morgan fingerprint density at radius 1 is 0.929 bits per heavy atom. The number of rotatable bonds is 7. The van der Waals surface area contributed by atoms with Crippen LogP contribution in [0.2, 0.25) is 0 Å². The minimum absolute atomic E-state index is 0.124. The van der Waals surface area contributed by atoms with Gasteiger partial charge in [0.25, 0.3) is 5.91 Å². The van der Waals surface area contributed by atoms with E-state index in [2.05, 4.69) is 10.5 Å². The molecule has 0 fully saturated rings. The Morgan fingerprint density at radius 2 is 1.57 bits per heavy atom. The Labute approximate surface area is 164 Å². The highest BCUT2D eigenvalue weighted by atomic mass is 16.5. The summed E-state index contributed by atoms with van der Waals surface area (Å²) in [6.07, 6.45) is 0.646. The molecule has 0 bridgehead atoms. The summed E-state index contributed by atoms with van der Waals surface area (Å²) >= 11 is 0. The van der Waals surface area contributed by atoms with E-state index in [-0.39, 0.29) is 18.3 Å². The molecule has 3 aromatic rings. The molecule has 1 amide bonds. The van der Waals surface area contributed by atoms with Gasteiger partial charge < -0.3 is 9.84 Å². The zero-order valence-electron chi connectivity index (χ0n) is 15.6. The fourth-order valence-electron chi connectivity index (χ4n) is 2.69. The number of hydrogen-bond donors (Lipinski definition) is 2. The normalized spacial score (nSPS) is 11.1. The van der Waals surface area contributed by atoms with Gasteiger partial charge in [-0.15, -0.1) is 0 Å². The summed E-state index contributed by atoms with van der Waals surface area (Å²) in [7, 11) is 0. The number of phenols is 1. The fourth-order valence-corrected chi connectivity index (χ4v) is 2.69. The zero-order chi connectivity index (χ0) is 19.8. The number of hydrazone groups is 1. The smallest absolute Gasteiger partial charge is 0.277 e. The molecule has 28 heavy (non-hydrogen) atoms. The number of ether oxygens (including phenoxy) is 1. The average molecular weight is 374 g/mol. The van der Waals surface area contributed by atoms with Gasteiger partial charge in [0.1, 0.15) is 11.5 Å². The molecule has 0 saturated heterocycles. The summed E-state index contributed by atoms with van der Waals surface area (Å²) < 4.78 is 5.53. The third-order valence-electron chi connectivity index (χ3n) is 4.18. The first-order valence-corrected chi connectivity index (χ1v) is 9.09. The van der Waals surface area contributed by atoms with E-state index in [1.807, 2.05) is 61.5 Å². The third kappa shape index (κ3) is 5.20. The van der Waals surface area contributed by atoms with E-state index in [9.17, 15) is 9.90 Å². The van der Waals surface area contributed by atoms with Crippen LogP contribution in [0, 0.1) is 0 Å². The first-order chi connectivity index (χ1) is 13.7. The third-order valence-corrected chi connectivity index (χ3v) is 4.18. The number of amides is 1. The molecule has 5 heteroatoms. The van der Waals surface area contributed by atoms with Crippen LogP contribution in [0.5, 0.6) is 11.5 Å². The molecule has 0 aliphatic rings. The van der Waals surface area contributed by atoms with Crippen LogP contribution >= 0.6 is 0 Å². The van der Waals surface area contributed by atoms with Crippen LogP contribution in [0.25, 0.3) is 11.1 Å². The topological polar surface area (TPSA) is 70.9 Å². The molecule has 0 radical (unpaired) electrons. The van der Waals surface area contributed by atoms with E-state index in [1.54, 1.807) is 24.3 Å². The second kappa shape index (κ2) is 9.37. The van der Waals surface area contributed by atoms with Gasteiger partial charge in [-0.25, -0.2) is 5.43 Å². The van der Waals surface area contributed by atoms with Gasteiger partial charge in [0, 0.05) is 0 Å². The van der Waals surface area contributed by atoms with E-state index < -0.39 is 0 Å². The molecular weight excluding hydrogens is 352 g/mol. The molecule has 2 N–H and O–H groups in total. The summed E-state index contributed by atoms with van der Waals surface area (Å²) in [5.41, 5.74) is 6.30. The van der Waals surface area contributed by atoms with Gasteiger partial charge in [-0.3, -0.25) is 4.79 Å². The zero-order valence-corrected chi connectivity index (χ0v) is 15.6. The highest BCUT2D eigenvalue weighted by Crippen LogP contribution is 2.22. The lowest BCUT2D eigenvalue weighted by molar-refractivity contribution is -0.123.